The number of benzene rings is 1. The SMILES string of the molecule is NCC(=O)NC(I)Cc1ccccc1. The molecule has 0 aromatic heterocycles. The molecule has 0 aliphatic rings. The average molecular weight is 304 g/mol. The Morgan fingerprint density at radius 3 is 2.64 bits per heavy atom. The molecular weight excluding hydrogens is 291 g/mol. The topological polar surface area (TPSA) is 55.1 Å². The van der Waals surface area contributed by atoms with Crippen LogP contribution in [0.25, 0.3) is 0 Å². The molecule has 1 aromatic rings. The van der Waals surface area contributed by atoms with Crippen molar-refractivity contribution < 1.29 is 4.79 Å². The molecule has 0 saturated carbocycles. The second kappa shape index (κ2) is 5.98. The highest BCUT2D eigenvalue weighted by Crippen LogP contribution is 2.07. The van der Waals surface area contributed by atoms with Crippen LogP contribution in [0.15, 0.2) is 30.3 Å². The molecule has 1 amide bonds. The summed E-state index contributed by atoms with van der Waals surface area (Å²) in [7, 11) is 0. The van der Waals surface area contributed by atoms with Gasteiger partial charge >= 0.3 is 0 Å². The van der Waals surface area contributed by atoms with Crippen molar-refractivity contribution in [3.63, 3.8) is 0 Å². The summed E-state index contributed by atoms with van der Waals surface area (Å²) in [6, 6.07) is 10.0. The van der Waals surface area contributed by atoms with E-state index in [0.29, 0.717) is 0 Å². The van der Waals surface area contributed by atoms with Crippen LogP contribution in [-0.2, 0) is 11.2 Å². The molecule has 1 rings (SSSR count). The molecule has 14 heavy (non-hydrogen) atoms. The molecule has 4 heteroatoms. The summed E-state index contributed by atoms with van der Waals surface area (Å²) in [5.41, 5.74) is 6.41. The number of nitrogens with two attached hydrogens (primary N) is 1. The maximum absolute atomic E-state index is 11.0. The Bertz CT molecular complexity index is 289. The number of carbonyl (C=O) groups is 1. The normalized spacial score (nSPS) is 12.1. The number of hydrogen-bond acceptors (Lipinski definition) is 2. The van der Waals surface area contributed by atoms with Crippen LogP contribution in [-0.4, -0.2) is 16.5 Å². The van der Waals surface area contributed by atoms with Gasteiger partial charge in [0.1, 0.15) is 0 Å². The van der Waals surface area contributed by atoms with Crippen LogP contribution in [0.1, 0.15) is 5.56 Å². The summed E-state index contributed by atoms with van der Waals surface area (Å²) in [5, 5.41) is 2.80. The molecule has 0 radical (unpaired) electrons. The first-order chi connectivity index (χ1) is 6.72. The molecule has 0 aliphatic heterocycles. The summed E-state index contributed by atoms with van der Waals surface area (Å²) in [4.78, 5) is 11.0. The number of carbonyl (C=O) groups excluding carboxylic acids is 1. The fourth-order valence-corrected chi connectivity index (χ4v) is 1.96. The molecule has 76 valence electrons. The summed E-state index contributed by atoms with van der Waals surface area (Å²) < 4.78 is 0.103. The van der Waals surface area contributed by atoms with E-state index in [1.807, 2.05) is 30.3 Å². The first-order valence-corrected chi connectivity index (χ1v) is 5.64. The third-order valence-corrected chi connectivity index (χ3v) is 2.51. The van der Waals surface area contributed by atoms with Crippen molar-refractivity contribution in [3.05, 3.63) is 35.9 Å². The van der Waals surface area contributed by atoms with E-state index in [2.05, 4.69) is 27.9 Å². The standard InChI is InChI=1S/C10H13IN2O/c11-9(13-10(14)7-12)6-8-4-2-1-3-5-8/h1-5,9H,6-7,12H2,(H,13,14). The highest BCUT2D eigenvalue weighted by molar-refractivity contribution is 14.1. The summed E-state index contributed by atoms with van der Waals surface area (Å²) >= 11 is 2.20. The number of nitrogens with one attached hydrogen (secondary N) is 1. The van der Waals surface area contributed by atoms with Crippen LogP contribution in [0, 0.1) is 0 Å². The smallest absolute Gasteiger partial charge is 0.234 e. The largest absolute Gasteiger partial charge is 0.343 e. The van der Waals surface area contributed by atoms with E-state index < -0.39 is 0 Å². The van der Waals surface area contributed by atoms with Crippen molar-refractivity contribution in [2.75, 3.05) is 6.54 Å². The van der Waals surface area contributed by atoms with Crippen molar-refractivity contribution >= 4 is 28.5 Å². The lowest BCUT2D eigenvalue weighted by Crippen LogP contribution is -2.36. The molecule has 0 fully saturated rings. The zero-order chi connectivity index (χ0) is 10.4. The Morgan fingerprint density at radius 1 is 1.43 bits per heavy atom. The van der Waals surface area contributed by atoms with Gasteiger partial charge in [0.15, 0.2) is 0 Å². The third kappa shape index (κ3) is 4.06. The first kappa shape index (κ1) is 11.5. The van der Waals surface area contributed by atoms with E-state index >= 15 is 0 Å². The predicted molar refractivity (Wildman–Crippen MR) is 65.2 cm³/mol. The van der Waals surface area contributed by atoms with Crippen molar-refractivity contribution in [1.82, 2.24) is 5.32 Å². The maximum atomic E-state index is 11.0. The zero-order valence-corrected chi connectivity index (χ0v) is 9.90. The Morgan fingerprint density at radius 2 is 2.07 bits per heavy atom. The van der Waals surface area contributed by atoms with Gasteiger partial charge in [0.05, 0.1) is 10.6 Å². The van der Waals surface area contributed by atoms with Gasteiger partial charge in [-0.05, 0) is 5.56 Å². The molecule has 3 N–H and O–H groups in total. The van der Waals surface area contributed by atoms with Crippen LogP contribution >= 0.6 is 22.6 Å². The predicted octanol–water partition coefficient (Wildman–Crippen LogP) is 1.07. The fraction of sp³-hybridized carbons (Fsp3) is 0.300. The van der Waals surface area contributed by atoms with Gasteiger partial charge in [-0.15, -0.1) is 0 Å². The highest BCUT2D eigenvalue weighted by Gasteiger charge is 2.07. The Kier molecular flexibility index (Phi) is 4.89. The van der Waals surface area contributed by atoms with Crippen molar-refractivity contribution in [1.29, 1.82) is 0 Å². The average Bonchev–Trinajstić information content (AvgIpc) is 2.19. The number of amides is 1. The lowest BCUT2D eigenvalue weighted by Gasteiger charge is -2.11. The molecule has 0 aliphatic carbocycles. The quantitative estimate of drug-likeness (QED) is 0.496. The molecule has 1 aromatic carbocycles. The summed E-state index contributed by atoms with van der Waals surface area (Å²) in [5.74, 6) is -0.111. The lowest BCUT2D eigenvalue weighted by atomic mass is 10.1. The van der Waals surface area contributed by atoms with E-state index in [4.69, 9.17) is 5.73 Å². The minimum Gasteiger partial charge on any atom is -0.343 e. The van der Waals surface area contributed by atoms with Gasteiger partial charge in [0, 0.05) is 6.42 Å². The van der Waals surface area contributed by atoms with Crippen LogP contribution in [0.3, 0.4) is 0 Å². The van der Waals surface area contributed by atoms with Crippen LogP contribution in [0.4, 0.5) is 0 Å². The zero-order valence-electron chi connectivity index (χ0n) is 7.74. The monoisotopic (exact) mass is 304 g/mol. The van der Waals surface area contributed by atoms with E-state index in [1.165, 1.54) is 5.56 Å². The maximum Gasteiger partial charge on any atom is 0.234 e. The highest BCUT2D eigenvalue weighted by atomic mass is 127. The molecular formula is C10H13IN2O. The second-order valence-corrected chi connectivity index (χ2v) is 4.43. The number of rotatable bonds is 4. The van der Waals surface area contributed by atoms with Gasteiger partial charge < -0.3 is 11.1 Å². The Labute approximate surface area is 97.2 Å². The van der Waals surface area contributed by atoms with Gasteiger partial charge in [-0.25, -0.2) is 0 Å². The number of alkyl halides is 1. The lowest BCUT2D eigenvalue weighted by molar-refractivity contribution is -0.119. The van der Waals surface area contributed by atoms with Gasteiger partial charge in [-0.3, -0.25) is 4.79 Å². The van der Waals surface area contributed by atoms with Crippen LogP contribution < -0.4 is 11.1 Å². The van der Waals surface area contributed by atoms with Gasteiger partial charge in [-0.1, -0.05) is 52.9 Å². The number of hydrogen-bond donors (Lipinski definition) is 2. The van der Waals surface area contributed by atoms with Crippen LogP contribution in [0.2, 0.25) is 0 Å². The molecule has 3 nitrogen and oxygen atoms in total. The fourth-order valence-electron chi connectivity index (χ4n) is 1.11. The molecule has 0 saturated heterocycles. The van der Waals surface area contributed by atoms with Crippen molar-refractivity contribution in [2.45, 2.75) is 10.5 Å². The van der Waals surface area contributed by atoms with E-state index in [-0.39, 0.29) is 16.5 Å². The molecule has 0 bridgehead atoms. The molecule has 1 atom stereocenters. The molecule has 0 heterocycles. The van der Waals surface area contributed by atoms with E-state index in [1.54, 1.807) is 0 Å². The van der Waals surface area contributed by atoms with Crippen molar-refractivity contribution in [3.8, 4) is 0 Å². The third-order valence-electron chi connectivity index (χ3n) is 1.76. The Balaban J connectivity index is 2.41. The van der Waals surface area contributed by atoms with Gasteiger partial charge in [0.2, 0.25) is 5.91 Å². The summed E-state index contributed by atoms with van der Waals surface area (Å²) in [6.45, 7) is 0.0499. The van der Waals surface area contributed by atoms with E-state index in [0.717, 1.165) is 6.42 Å². The molecule has 1 unspecified atom stereocenters. The van der Waals surface area contributed by atoms with Gasteiger partial charge in [0.25, 0.3) is 0 Å². The molecule has 0 spiro atoms. The van der Waals surface area contributed by atoms with Crippen LogP contribution in [0.5, 0.6) is 0 Å². The Hall–Kier alpha value is -0.620. The summed E-state index contributed by atoms with van der Waals surface area (Å²) in [6.07, 6.45) is 0.827. The van der Waals surface area contributed by atoms with E-state index in [9.17, 15) is 4.79 Å². The number of halogens is 1. The minimum atomic E-state index is -0.111. The first-order valence-electron chi connectivity index (χ1n) is 4.40. The van der Waals surface area contributed by atoms with Crippen molar-refractivity contribution in [2.24, 2.45) is 5.73 Å². The van der Waals surface area contributed by atoms with Gasteiger partial charge in [-0.2, -0.15) is 0 Å². The minimum absolute atomic E-state index is 0.0499. The second-order valence-electron chi connectivity index (χ2n) is 2.93.